The molecular formula is C21H18N2O3. The molecule has 5 nitrogen and oxygen atoms in total. The van der Waals surface area contributed by atoms with Crippen LogP contribution in [0.4, 0.5) is 0 Å². The average Bonchev–Trinajstić information content (AvgIpc) is 2.66. The van der Waals surface area contributed by atoms with Gasteiger partial charge in [-0.15, -0.1) is 0 Å². The standard InChI is InChI=1S/C21H18N2O3/c1-14(22-23-21(26)18-11-19(24)13-20(25)12-18)15-7-9-17(10-8-15)16-5-3-2-4-6-16/h2-13,24-25H,1H3,(H,23,26). The van der Waals surface area contributed by atoms with E-state index in [-0.39, 0.29) is 17.1 Å². The first kappa shape index (κ1) is 17.2. The lowest BCUT2D eigenvalue weighted by Crippen LogP contribution is -2.19. The van der Waals surface area contributed by atoms with Crippen molar-refractivity contribution in [2.24, 2.45) is 5.10 Å². The van der Waals surface area contributed by atoms with Gasteiger partial charge in [0, 0.05) is 11.6 Å². The summed E-state index contributed by atoms with van der Waals surface area (Å²) in [6.45, 7) is 1.79. The van der Waals surface area contributed by atoms with Gasteiger partial charge in [0.25, 0.3) is 5.91 Å². The van der Waals surface area contributed by atoms with E-state index in [4.69, 9.17) is 0 Å². The van der Waals surface area contributed by atoms with Crippen LogP contribution in [0.2, 0.25) is 0 Å². The number of carbonyl (C=O) groups excluding carboxylic acids is 1. The molecule has 3 N–H and O–H groups in total. The highest BCUT2D eigenvalue weighted by Gasteiger charge is 2.08. The van der Waals surface area contributed by atoms with Crippen LogP contribution >= 0.6 is 0 Å². The van der Waals surface area contributed by atoms with Gasteiger partial charge in [-0.3, -0.25) is 4.79 Å². The monoisotopic (exact) mass is 346 g/mol. The van der Waals surface area contributed by atoms with E-state index in [9.17, 15) is 15.0 Å². The van der Waals surface area contributed by atoms with Crippen LogP contribution in [0.3, 0.4) is 0 Å². The number of aromatic hydroxyl groups is 2. The molecule has 0 aliphatic heterocycles. The van der Waals surface area contributed by atoms with Gasteiger partial charge in [-0.2, -0.15) is 5.10 Å². The normalized spacial score (nSPS) is 11.2. The Kier molecular flexibility index (Phi) is 4.99. The Balaban J connectivity index is 1.72. The molecule has 0 radical (unpaired) electrons. The number of nitrogens with one attached hydrogen (secondary N) is 1. The summed E-state index contributed by atoms with van der Waals surface area (Å²) in [6.07, 6.45) is 0. The number of amides is 1. The quantitative estimate of drug-likeness (QED) is 0.495. The van der Waals surface area contributed by atoms with Crippen molar-refractivity contribution < 1.29 is 15.0 Å². The second-order valence-electron chi connectivity index (χ2n) is 5.82. The SMILES string of the molecule is CC(=NNC(=O)c1cc(O)cc(O)c1)c1ccc(-c2ccccc2)cc1. The largest absolute Gasteiger partial charge is 0.508 e. The van der Waals surface area contributed by atoms with Crippen molar-refractivity contribution >= 4 is 11.6 Å². The zero-order chi connectivity index (χ0) is 18.5. The van der Waals surface area contributed by atoms with Gasteiger partial charge in [0.2, 0.25) is 0 Å². The van der Waals surface area contributed by atoms with Gasteiger partial charge in [0.15, 0.2) is 0 Å². The van der Waals surface area contributed by atoms with Crippen molar-refractivity contribution in [3.8, 4) is 22.6 Å². The summed E-state index contributed by atoms with van der Waals surface area (Å²) in [5.41, 5.74) is 6.30. The van der Waals surface area contributed by atoms with E-state index < -0.39 is 5.91 Å². The number of nitrogens with zero attached hydrogens (tertiary/aromatic N) is 1. The molecule has 0 bridgehead atoms. The molecule has 0 aliphatic carbocycles. The van der Waals surface area contributed by atoms with E-state index >= 15 is 0 Å². The minimum atomic E-state index is -0.517. The smallest absolute Gasteiger partial charge is 0.271 e. The van der Waals surface area contributed by atoms with Crippen LogP contribution in [0.1, 0.15) is 22.8 Å². The summed E-state index contributed by atoms with van der Waals surface area (Å²) >= 11 is 0. The number of hydrogen-bond donors (Lipinski definition) is 3. The van der Waals surface area contributed by atoms with Crippen LogP contribution in [0.5, 0.6) is 11.5 Å². The van der Waals surface area contributed by atoms with Gasteiger partial charge in [-0.25, -0.2) is 5.43 Å². The highest BCUT2D eigenvalue weighted by molar-refractivity contribution is 6.01. The molecule has 0 unspecified atom stereocenters. The molecule has 130 valence electrons. The molecule has 0 aliphatic rings. The van der Waals surface area contributed by atoms with Crippen LogP contribution < -0.4 is 5.43 Å². The van der Waals surface area contributed by atoms with Crippen LogP contribution in [0, 0.1) is 0 Å². The maximum Gasteiger partial charge on any atom is 0.271 e. The van der Waals surface area contributed by atoms with Crippen LogP contribution in [-0.4, -0.2) is 21.8 Å². The van der Waals surface area contributed by atoms with Crippen LogP contribution in [0.15, 0.2) is 77.9 Å². The molecule has 3 aromatic rings. The number of rotatable bonds is 4. The molecule has 0 heterocycles. The van der Waals surface area contributed by atoms with E-state index in [1.165, 1.54) is 12.1 Å². The number of phenolic OH excluding ortho intramolecular Hbond substituents is 2. The lowest BCUT2D eigenvalue weighted by molar-refractivity contribution is 0.0954. The lowest BCUT2D eigenvalue weighted by atomic mass is 10.0. The predicted octanol–water partition coefficient (Wildman–Crippen LogP) is 3.92. The lowest BCUT2D eigenvalue weighted by Gasteiger charge is -2.06. The van der Waals surface area contributed by atoms with E-state index in [0.29, 0.717) is 5.71 Å². The predicted molar refractivity (Wildman–Crippen MR) is 101 cm³/mol. The molecule has 3 rings (SSSR count). The topological polar surface area (TPSA) is 81.9 Å². The minimum absolute atomic E-state index is 0.124. The highest BCUT2D eigenvalue weighted by atomic mass is 16.3. The molecule has 0 spiro atoms. The number of hydrogen-bond acceptors (Lipinski definition) is 4. The third-order valence-corrected chi connectivity index (χ3v) is 3.90. The first-order chi connectivity index (χ1) is 12.5. The first-order valence-corrected chi connectivity index (χ1v) is 8.06. The molecule has 1 amide bonds. The Morgan fingerprint density at radius 2 is 1.38 bits per heavy atom. The fourth-order valence-corrected chi connectivity index (χ4v) is 2.52. The Morgan fingerprint density at radius 1 is 0.808 bits per heavy atom. The summed E-state index contributed by atoms with van der Waals surface area (Å²) in [5.74, 6) is -0.892. The molecular weight excluding hydrogens is 328 g/mol. The van der Waals surface area contributed by atoms with E-state index in [1.54, 1.807) is 6.92 Å². The number of benzene rings is 3. The van der Waals surface area contributed by atoms with Crippen molar-refractivity contribution in [3.05, 3.63) is 83.9 Å². The van der Waals surface area contributed by atoms with Gasteiger partial charge in [0.05, 0.1) is 5.71 Å². The molecule has 26 heavy (non-hydrogen) atoms. The van der Waals surface area contributed by atoms with Crippen molar-refractivity contribution in [2.45, 2.75) is 6.92 Å². The summed E-state index contributed by atoms with van der Waals surface area (Å²) < 4.78 is 0. The Labute approximate surface area is 151 Å². The van der Waals surface area contributed by atoms with Crippen LogP contribution in [-0.2, 0) is 0 Å². The minimum Gasteiger partial charge on any atom is -0.508 e. The highest BCUT2D eigenvalue weighted by Crippen LogP contribution is 2.21. The summed E-state index contributed by atoms with van der Waals surface area (Å²) in [5, 5.41) is 23.0. The summed E-state index contributed by atoms with van der Waals surface area (Å²) in [6, 6.07) is 21.6. The second kappa shape index (κ2) is 7.53. The molecule has 3 aromatic carbocycles. The fraction of sp³-hybridized carbons (Fsp3) is 0.0476. The van der Waals surface area contributed by atoms with Crippen molar-refractivity contribution in [2.75, 3.05) is 0 Å². The van der Waals surface area contributed by atoms with Gasteiger partial charge >= 0.3 is 0 Å². The van der Waals surface area contributed by atoms with Gasteiger partial charge < -0.3 is 10.2 Å². The van der Waals surface area contributed by atoms with Crippen LogP contribution in [0.25, 0.3) is 11.1 Å². The Hall–Kier alpha value is -3.60. The molecule has 0 saturated heterocycles. The maximum atomic E-state index is 12.1. The van der Waals surface area contributed by atoms with Crippen molar-refractivity contribution in [1.82, 2.24) is 5.43 Å². The fourth-order valence-electron chi connectivity index (χ4n) is 2.52. The number of phenols is 2. The molecule has 0 fully saturated rings. The molecule has 0 aromatic heterocycles. The molecule has 0 atom stereocenters. The zero-order valence-electron chi connectivity index (χ0n) is 14.2. The van der Waals surface area contributed by atoms with E-state index in [0.717, 1.165) is 22.8 Å². The van der Waals surface area contributed by atoms with Gasteiger partial charge in [-0.1, -0.05) is 54.6 Å². The number of carbonyl (C=O) groups is 1. The third kappa shape index (κ3) is 4.08. The van der Waals surface area contributed by atoms with Gasteiger partial charge in [-0.05, 0) is 35.7 Å². The molecule has 0 saturated carbocycles. The Morgan fingerprint density at radius 3 is 2.00 bits per heavy atom. The first-order valence-electron chi connectivity index (χ1n) is 8.06. The average molecular weight is 346 g/mol. The van der Waals surface area contributed by atoms with Crippen molar-refractivity contribution in [3.63, 3.8) is 0 Å². The van der Waals surface area contributed by atoms with Gasteiger partial charge in [0.1, 0.15) is 11.5 Å². The zero-order valence-corrected chi connectivity index (χ0v) is 14.2. The maximum absolute atomic E-state index is 12.1. The van der Waals surface area contributed by atoms with Crippen molar-refractivity contribution in [1.29, 1.82) is 0 Å². The second-order valence-corrected chi connectivity index (χ2v) is 5.82. The van der Waals surface area contributed by atoms with E-state index in [1.807, 2.05) is 54.6 Å². The van der Waals surface area contributed by atoms with E-state index in [2.05, 4.69) is 10.5 Å². The third-order valence-electron chi connectivity index (χ3n) is 3.90. The summed E-state index contributed by atoms with van der Waals surface area (Å²) in [7, 11) is 0. The number of hydrazone groups is 1. The molecule has 5 heteroatoms. The Bertz CT molecular complexity index is 929. The summed E-state index contributed by atoms with van der Waals surface area (Å²) in [4.78, 5) is 12.1.